The number of phenols is 1. The van der Waals surface area contributed by atoms with E-state index in [2.05, 4.69) is 0 Å². The molecule has 0 radical (unpaired) electrons. The van der Waals surface area contributed by atoms with Gasteiger partial charge in [0.15, 0.2) is 0 Å². The fourth-order valence-electron chi connectivity index (χ4n) is 1.000. The summed E-state index contributed by atoms with van der Waals surface area (Å²) >= 11 is 0. The minimum absolute atomic E-state index is 0. The van der Waals surface area contributed by atoms with Gasteiger partial charge in [-0.05, 0) is 25.5 Å². The molecule has 3 N–H and O–H groups in total. The molecule has 0 saturated carbocycles. The van der Waals surface area contributed by atoms with Crippen LogP contribution in [0.2, 0.25) is 0 Å². The number of nitrogen functional groups attached to an aromatic ring is 1. The molecule has 0 spiro atoms. The van der Waals surface area contributed by atoms with Crippen LogP contribution in [0.25, 0.3) is 0 Å². The van der Waals surface area contributed by atoms with E-state index in [1.807, 2.05) is 13.8 Å². The summed E-state index contributed by atoms with van der Waals surface area (Å²) in [5, 5.41) is 9.21. The average molecular weight is 204 g/mol. The van der Waals surface area contributed by atoms with Crippen LogP contribution in [0, 0.1) is 6.92 Å². The average Bonchev–Trinajstić information content (AvgIpc) is 2.01. The number of halogens is 1. The molecule has 0 aliphatic rings. The van der Waals surface area contributed by atoms with Gasteiger partial charge in [-0.2, -0.15) is 0 Å². The van der Waals surface area contributed by atoms with Crippen molar-refractivity contribution in [2.75, 3.05) is 12.3 Å². The first-order valence-corrected chi connectivity index (χ1v) is 3.87. The first-order chi connectivity index (χ1) is 5.65. The number of nitrogens with two attached hydrogens (primary N) is 1. The van der Waals surface area contributed by atoms with Gasteiger partial charge < -0.3 is 15.6 Å². The van der Waals surface area contributed by atoms with Gasteiger partial charge in [0.1, 0.15) is 11.5 Å². The Labute approximate surface area is 83.9 Å². The Bertz CT molecular complexity index is 289. The first-order valence-electron chi connectivity index (χ1n) is 3.87. The lowest BCUT2D eigenvalue weighted by atomic mass is 10.2. The highest BCUT2D eigenvalue weighted by atomic mass is 35.5. The van der Waals surface area contributed by atoms with Crippen molar-refractivity contribution in [3.05, 3.63) is 17.7 Å². The monoisotopic (exact) mass is 203 g/mol. The molecule has 4 heteroatoms. The Hall–Kier alpha value is -1.09. The fraction of sp³-hybridized carbons (Fsp3) is 0.333. The third-order valence-electron chi connectivity index (χ3n) is 1.62. The second-order valence-corrected chi connectivity index (χ2v) is 2.61. The Morgan fingerprint density at radius 3 is 2.62 bits per heavy atom. The van der Waals surface area contributed by atoms with E-state index in [1.54, 1.807) is 12.1 Å². The zero-order valence-electron chi connectivity index (χ0n) is 7.70. The van der Waals surface area contributed by atoms with Crippen molar-refractivity contribution in [1.82, 2.24) is 0 Å². The van der Waals surface area contributed by atoms with Gasteiger partial charge in [-0.15, -0.1) is 12.4 Å². The zero-order valence-corrected chi connectivity index (χ0v) is 8.52. The maximum absolute atomic E-state index is 9.21. The Balaban J connectivity index is 0.00000144. The van der Waals surface area contributed by atoms with Crippen molar-refractivity contribution in [2.45, 2.75) is 13.8 Å². The highest BCUT2D eigenvalue weighted by Crippen LogP contribution is 2.28. The third-order valence-corrected chi connectivity index (χ3v) is 1.62. The van der Waals surface area contributed by atoms with E-state index < -0.39 is 0 Å². The number of benzene rings is 1. The topological polar surface area (TPSA) is 55.5 Å². The normalized spacial score (nSPS) is 9.08. The van der Waals surface area contributed by atoms with Crippen LogP contribution >= 0.6 is 12.4 Å². The molecular weight excluding hydrogens is 190 g/mol. The SMILES string of the molecule is CCOc1cc(N)c(O)cc1C.Cl. The summed E-state index contributed by atoms with van der Waals surface area (Å²) < 4.78 is 5.28. The molecule has 74 valence electrons. The Morgan fingerprint density at radius 1 is 1.46 bits per heavy atom. The number of aromatic hydroxyl groups is 1. The van der Waals surface area contributed by atoms with Gasteiger partial charge in [0.05, 0.1) is 12.3 Å². The maximum Gasteiger partial charge on any atom is 0.139 e. The molecule has 1 aromatic carbocycles. The van der Waals surface area contributed by atoms with E-state index in [-0.39, 0.29) is 18.2 Å². The highest BCUT2D eigenvalue weighted by molar-refractivity contribution is 5.85. The van der Waals surface area contributed by atoms with E-state index in [9.17, 15) is 5.11 Å². The molecular formula is C9H14ClNO2. The van der Waals surface area contributed by atoms with Crippen LogP contribution in [0.1, 0.15) is 12.5 Å². The van der Waals surface area contributed by atoms with Crippen molar-refractivity contribution < 1.29 is 9.84 Å². The van der Waals surface area contributed by atoms with E-state index >= 15 is 0 Å². The molecule has 0 aliphatic carbocycles. The van der Waals surface area contributed by atoms with Gasteiger partial charge in [0, 0.05) is 6.07 Å². The van der Waals surface area contributed by atoms with Crippen molar-refractivity contribution >= 4 is 18.1 Å². The van der Waals surface area contributed by atoms with Crippen LogP contribution in [0.5, 0.6) is 11.5 Å². The number of ether oxygens (including phenoxy) is 1. The predicted molar refractivity (Wildman–Crippen MR) is 55.7 cm³/mol. The molecule has 0 fully saturated rings. The molecule has 0 atom stereocenters. The van der Waals surface area contributed by atoms with Gasteiger partial charge >= 0.3 is 0 Å². The maximum atomic E-state index is 9.21. The minimum atomic E-state index is 0. The molecule has 3 nitrogen and oxygen atoms in total. The molecule has 1 rings (SSSR count). The molecule has 0 saturated heterocycles. The fourth-order valence-corrected chi connectivity index (χ4v) is 1.000. The third kappa shape index (κ3) is 2.70. The Morgan fingerprint density at radius 2 is 2.08 bits per heavy atom. The van der Waals surface area contributed by atoms with Crippen molar-refractivity contribution in [3.8, 4) is 11.5 Å². The summed E-state index contributed by atoms with van der Waals surface area (Å²) in [6, 6.07) is 3.23. The zero-order chi connectivity index (χ0) is 9.14. The van der Waals surface area contributed by atoms with Crippen molar-refractivity contribution in [1.29, 1.82) is 0 Å². The standard InChI is InChI=1S/C9H13NO2.ClH/c1-3-12-9-5-7(10)8(11)4-6(9)2;/h4-5,11H,3,10H2,1-2H3;1H. The molecule has 0 aromatic heterocycles. The van der Waals surface area contributed by atoms with Crippen LogP contribution in [0.15, 0.2) is 12.1 Å². The highest BCUT2D eigenvalue weighted by Gasteiger charge is 2.03. The van der Waals surface area contributed by atoms with Crippen LogP contribution in [0.4, 0.5) is 5.69 Å². The molecule has 13 heavy (non-hydrogen) atoms. The first kappa shape index (κ1) is 11.9. The van der Waals surface area contributed by atoms with Gasteiger partial charge in [-0.3, -0.25) is 0 Å². The smallest absolute Gasteiger partial charge is 0.139 e. The van der Waals surface area contributed by atoms with Gasteiger partial charge in [0.2, 0.25) is 0 Å². The second-order valence-electron chi connectivity index (χ2n) is 2.61. The van der Waals surface area contributed by atoms with Gasteiger partial charge in [0.25, 0.3) is 0 Å². The number of phenolic OH excluding ortho intramolecular Hbond substituents is 1. The molecule has 1 aromatic rings. The Kier molecular flexibility index (Phi) is 4.42. The van der Waals surface area contributed by atoms with E-state index in [4.69, 9.17) is 10.5 Å². The lowest BCUT2D eigenvalue weighted by Crippen LogP contribution is -1.95. The van der Waals surface area contributed by atoms with Gasteiger partial charge in [-0.1, -0.05) is 0 Å². The predicted octanol–water partition coefficient (Wildman–Crippen LogP) is 2.10. The summed E-state index contributed by atoms with van der Waals surface area (Å²) in [6.45, 7) is 4.37. The lowest BCUT2D eigenvalue weighted by molar-refractivity contribution is 0.337. The lowest BCUT2D eigenvalue weighted by Gasteiger charge is -2.08. The molecule has 0 heterocycles. The van der Waals surface area contributed by atoms with Crippen molar-refractivity contribution in [3.63, 3.8) is 0 Å². The number of hydrogen-bond acceptors (Lipinski definition) is 3. The second kappa shape index (κ2) is 4.82. The summed E-state index contributed by atoms with van der Waals surface area (Å²) in [5.41, 5.74) is 6.73. The molecule has 0 bridgehead atoms. The van der Waals surface area contributed by atoms with Gasteiger partial charge in [-0.25, -0.2) is 0 Å². The number of rotatable bonds is 2. The molecule has 0 aliphatic heterocycles. The molecule has 0 amide bonds. The minimum Gasteiger partial charge on any atom is -0.506 e. The summed E-state index contributed by atoms with van der Waals surface area (Å²) in [7, 11) is 0. The largest absolute Gasteiger partial charge is 0.506 e. The summed E-state index contributed by atoms with van der Waals surface area (Å²) in [5.74, 6) is 0.837. The number of hydrogen-bond donors (Lipinski definition) is 2. The number of anilines is 1. The summed E-state index contributed by atoms with van der Waals surface area (Å²) in [4.78, 5) is 0. The van der Waals surface area contributed by atoms with Crippen LogP contribution in [-0.4, -0.2) is 11.7 Å². The van der Waals surface area contributed by atoms with E-state index in [0.717, 1.165) is 11.3 Å². The van der Waals surface area contributed by atoms with E-state index in [0.29, 0.717) is 12.3 Å². The van der Waals surface area contributed by atoms with E-state index in [1.165, 1.54) is 0 Å². The number of aryl methyl sites for hydroxylation is 1. The quantitative estimate of drug-likeness (QED) is 0.572. The van der Waals surface area contributed by atoms with Crippen LogP contribution in [0.3, 0.4) is 0 Å². The van der Waals surface area contributed by atoms with Crippen molar-refractivity contribution in [2.24, 2.45) is 0 Å². The molecule has 0 unspecified atom stereocenters. The van der Waals surface area contributed by atoms with Crippen LogP contribution in [-0.2, 0) is 0 Å². The summed E-state index contributed by atoms with van der Waals surface area (Å²) in [6.07, 6.45) is 0. The van der Waals surface area contributed by atoms with Crippen LogP contribution < -0.4 is 10.5 Å².